The van der Waals surface area contributed by atoms with E-state index in [9.17, 15) is 48.3 Å². The monoisotopic (exact) mass is 676 g/mol. The first-order valence-corrected chi connectivity index (χ1v) is 15.0. The van der Waals surface area contributed by atoms with E-state index in [1.165, 1.54) is 17.1 Å². The summed E-state index contributed by atoms with van der Waals surface area (Å²) in [5, 5.41) is 27.3. The first-order valence-electron chi connectivity index (χ1n) is 15.0. The average molecular weight is 677 g/mol. The number of aliphatic imine (C=N–C) groups is 1. The van der Waals surface area contributed by atoms with Crippen LogP contribution in [-0.4, -0.2) is 137 Å². The van der Waals surface area contributed by atoms with Crippen LogP contribution in [0, 0.1) is 0 Å². The van der Waals surface area contributed by atoms with Gasteiger partial charge in [-0.3, -0.25) is 48.1 Å². The zero-order valence-electron chi connectivity index (χ0n) is 26.3. The molecule has 0 unspecified atom stereocenters. The lowest BCUT2D eigenvalue weighted by molar-refractivity contribution is -0.146. The first-order chi connectivity index (χ1) is 22.7. The minimum Gasteiger partial charge on any atom is -0.481 e. The average Bonchev–Trinajstić information content (AvgIpc) is 3.55. The van der Waals surface area contributed by atoms with E-state index in [4.69, 9.17) is 10.8 Å². The van der Waals surface area contributed by atoms with Gasteiger partial charge in [-0.1, -0.05) is 6.08 Å². The number of dihydropyridines is 1. The van der Waals surface area contributed by atoms with Crippen molar-refractivity contribution in [3.05, 3.63) is 23.8 Å². The Morgan fingerprint density at radius 3 is 2.35 bits per heavy atom. The number of aliphatic carboxylic acids is 2. The summed E-state index contributed by atoms with van der Waals surface area (Å²) >= 11 is 0. The lowest BCUT2D eigenvalue weighted by Crippen LogP contribution is -2.54. The predicted molar refractivity (Wildman–Crippen MR) is 166 cm³/mol. The number of primary amides is 1. The number of nitrogens with two attached hydrogens (primary N) is 1. The maximum absolute atomic E-state index is 12.9. The summed E-state index contributed by atoms with van der Waals surface area (Å²) < 4.78 is 0. The first kappa shape index (κ1) is 38.6. The van der Waals surface area contributed by atoms with Crippen LogP contribution in [0.3, 0.4) is 0 Å². The van der Waals surface area contributed by atoms with E-state index in [2.05, 4.69) is 26.3 Å². The molecule has 19 heteroatoms. The number of allylic oxidation sites excluding steroid dienone is 2. The van der Waals surface area contributed by atoms with E-state index < -0.39 is 97.5 Å². The molecule has 2 aliphatic heterocycles. The zero-order chi connectivity index (χ0) is 35.8. The molecule has 7 amide bonds. The smallest absolute Gasteiger partial charge is 0.322 e. The summed E-state index contributed by atoms with van der Waals surface area (Å²) in [6, 6.07) is -3.83. The third kappa shape index (κ3) is 13.0. The summed E-state index contributed by atoms with van der Waals surface area (Å²) in [7, 11) is 1.12. The summed E-state index contributed by atoms with van der Waals surface area (Å²) in [6.07, 6.45) is 6.22. The highest BCUT2D eigenvalue weighted by Gasteiger charge is 2.35. The number of likely N-dealkylation sites (N-methyl/N-ethyl adjacent to an activating group) is 1. The molecule has 1 saturated heterocycles. The van der Waals surface area contributed by atoms with Gasteiger partial charge in [0, 0.05) is 38.8 Å². The van der Waals surface area contributed by atoms with Crippen molar-refractivity contribution < 1.29 is 53.4 Å². The van der Waals surface area contributed by atoms with Crippen molar-refractivity contribution in [3.8, 4) is 0 Å². The molecule has 3 atom stereocenters. The summed E-state index contributed by atoms with van der Waals surface area (Å²) in [5.74, 6) is -8.23. The SMILES string of the molecule is CN(C(=O)CNC(=O)[C@H](CCC(N)=O)NC(=O)/C=C/C1=CCCN=C1)[C@@H](CC(=O)O)C(=O)NCC(=O)N1CCC[C@H]1C(=O)NCC(=O)O. The molecule has 0 aromatic carbocycles. The highest BCUT2D eigenvalue weighted by atomic mass is 16.4. The normalized spacial score (nSPS) is 16.6. The fourth-order valence-electron chi connectivity index (χ4n) is 4.74. The molecule has 1 fully saturated rings. The van der Waals surface area contributed by atoms with E-state index in [1.807, 2.05) is 6.08 Å². The van der Waals surface area contributed by atoms with Crippen LogP contribution in [0.25, 0.3) is 0 Å². The Morgan fingerprint density at radius 1 is 1.02 bits per heavy atom. The lowest BCUT2D eigenvalue weighted by atomic mass is 10.1. The molecule has 8 N–H and O–H groups in total. The van der Waals surface area contributed by atoms with Crippen LogP contribution in [0.15, 0.2) is 28.8 Å². The second-order valence-corrected chi connectivity index (χ2v) is 10.8. The van der Waals surface area contributed by atoms with Gasteiger partial charge < -0.3 is 47.0 Å². The van der Waals surface area contributed by atoms with E-state index in [0.717, 1.165) is 11.9 Å². The summed E-state index contributed by atoms with van der Waals surface area (Å²) in [4.78, 5) is 116. The van der Waals surface area contributed by atoms with Gasteiger partial charge >= 0.3 is 11.9 Å². The van der Waals surface area contributed by atoms with Crippen molar-refractivity contribution in [3.63, 3.8) is 0 Å². The summed E-state index contributed by atoms with van der Waals surface area (Å²) in [5.41, 5.74) is 5.87. The number of hydrogen-bond donors (Lipinski definition) is 7. The third-order valence-electron chi connectivity index (χ3n) is 7.27. The second kappa shape index (κ2) is 19.1. The van der Waals surface area contributed by atoms with Gasteiger partial charge in [0.05, 0.1) is 19.5 Å². The number of rotatable bonds is 18. The van der Waals surface area contributed by atoms with E-state index in [1.54, 1.807) is 6.21 Å². The molecular weight excluding hydrogens is 636 g/mol. The second-order valence-electron chi connectivity index (χ2n) is 10.8. The zero-order valence-corrected chi connectivity index (χ0v) is 26.3. The minimum atomic E-state index is -1.61. The fourth-order valence-corrected chi connectivity index (χ4v) is 4.74. The lowest BCUT2D eigenvalue weighted by Gasteiger charge is -2.28. The molecule has 0 aromatic heterocycles. The molecule has 0 spiro atoms. The Morgan fingerprint density at radius 2 is 1.73 bits per heavy atom. The predicted octanol–water partition coefficient (Wildman–Crippen LogP) is -3.58. The maximum Gasteiger partial charge on any atom is 0.322 e. The Bertz CT molecular complexity index is 1380. The van der Waals surface area contributed by atoms with Gasteiger partial charge in [0.15, 0.2) is 0 Å². The van der Waals surface area contributed by atoms with Gasteiger partial charge in [0.25, 0.3) is 0 Å². The van der Waals surface area contributed by atoms with Crippen molar-refractivity contribution in [2.75, 3.05) is 39.8 Å². The van der Waals surface area contributed by atoms with Crippen LogP contribution < -0.4 is 27.0 Å². The van der Waals surface area contributed by atoms with Gasteiger partial charge in [-0.2, -0.15) is 0 Å². The molecule has 2 rings (SSSR count). The molecule has 0 saturated carbocycles. The number of amides is 7. The van der Waals surface area contributed by atoms with Crippen molar-refractivity contribution in [2.45, 2.75) is 56.7 Å². The molecular formula is C29H40N8O11. The van der Waals surface area contributed by atoms with Crippen molar-refractivity contribution in [2.24, 2.45) is 10.7 Å². The standard InChI is InChI=1S/C29H40N8O11/c1-36(20(12-25(42)43)29(48)33-15-24(41)37-11-3-5-19(37)28(47)34-16-26(44)45)23(40)14-32-27(46)18(7-8-21(30)38)35-22(39)9-6-17-4-2-10-31-13-17/h4,6,9,13,18-20H,2-3,5,7-8,10-12,14-16H2,1H3,(H2,30,38)(H,32,46)(H,33,48)(H,34,47)(H,35,39)(H,42,43)(H,44,45)/b9-6+/t18-,19-,20-/m0/s1. The van der Waals surface area contributed by atoms with Gasteiger partial charge in [-0.05, 0) is 37.3 Å². The number of likely N-dealkylation sites (tertiary alicyclic amines) is 1. The molecule has 19 nitrogen and oxygen atoms in total. The highest BCUT2D eigenvalue weighted by Crippen LogP contribution is 2.17. The molecule has 0 radical (unpaired) electrons. The number of hydrogen-bond acceptors (Lipinski definition) is 10. The van der Waals surface area contributed by atoms with Crippen LogP contribution in [0.4, 0.5) is 0 Å². The molecule has 0 aromatic rings. The Labute approximate surface area is 275 Å². The number of carboxylic acids is 2. The van der Waals surface area contributed by atoms with Crippen LogP contribution >= 0.6 is 0 Å². The van der Waals surface area contributed by atoms with Gasteiger partial charge in [-0.15, -0.1) is 0 Å². The highest BCUT2D eigenvalue weighted by molar-refractivity contribution is 5.97. The summed E-state index contributed by atoms with van der Waals surface area (Å²) in [6.45, 7) is -1.20. The van der Waals surface area contributed by atoms with Gasteiger partial charge in [-0.25, -0.2) is 0 Å². The van der Waals surface area contributed by atoms with Crippen LogP contribution in [0.2, 0.25) is 0 Å². The topological polar surface area (TPSA) is 287 Å². The van der Waals surface area contributed by atoms with Crippen LogP contribution in [0.1, 0.15) is 38.5 Å². The number of nitrogens with one attached hydrogen (secondary N) is 4. The van der Waals surface area contributed by atoms with Crippen molar-refractivity contribution in [1.82, 2.24) is 31.1 Å². The van der Waals surface area contributed by atoms with Gasteiger partial charge in [0.1, 0.15) is 24.7 Å². The number of carbonyl (C=O) groups is 9. The van der Waals surface area contributed by atoms with Crippen LogP contribution in [-0.2, 0) is 43.2 Å². The largest absolute Gasteiger partial charge is 0.481 e. The van der Waals surface area contributed by atoms with E-state index in [-0.39, 0.29) is 25.8 Å². The fraction of sp³-hybridized carbons (Fsp3) is 0.517. The van der Waals surface area contributed by atoms with Crippen molar-refractivity contribution in [1.29, 1.82) is 0 Å². The molecule has 262 valence electrons. The van der Waals surface area contributed by atoms with Gasteiger partial charge in [0.2, 0.25) is 41.4 Å². The maximum atomic E-state index is 12.9. The van der Waals surface area contributed by atoms with Crippen LogP contribution in [0.5, 0.6) is 0 Å². The van der Waals surface area contributed by atoms with E-state index in [0.29, 0.717) is 25.0 Å². The number of nitrogens with zero attached hydrogens (tertiary/aromatic N) is 3. The molecule has 2 heterocycles. The number of carboxylic acid groups (broad SMARTS) is 2. The quantitative estimate of drug-likeness (QED) is 0.0697. The van der Waals surface area contributed by atoms with Crippen molar-refractivity contribution >= 4 is 59.5 Å². The molecule has 0 aliphatic carbocycles. The number of carbonyl (C=O) groups excluding carboxylic acids is 7. The Kier molecular flexibility index (Phi) is 15.4. The Hall–Kier alpha value is -5.62. The molecule has 0 bridgehead atoms. The molecule has 48 heavy (non-hydrogen) atoms. The molecule has 2 aliphatic rings. The third-order valence-corrected chi connectivity index (χ3v) is 7.27. The minimum absolute atomic E-state index is 0.167. The van der Waals surface area contributed by atoms with E-state index >= 15 is 0 Å². The Balaban J connectivity index is 1.99.